The predicted octanol–water partition coefficient (Wildman–Crippen LogP) is 1.52. The molecule has 2 nitrogen and oxygen atoms in total. The number of carbonyl (C=O) groups excluding carboxylic acids is 1. The zero-order valence-electron chi connectivity index (χ0n) is 9.92. The maximum Gasteiger partial charge on any atom is 0.224 e. The first-order chi connectivity index (χ1) is 6.93. The van der Waals surface area contributed by atoms with Crippen molar-refractivity contribution >= 4 is 19.2 Å². The Morgan fingerprint density at radius 3 is 2.13 bits per heavy atom. The quantitative estimate of drug-likeness (QED) is 0.770. The lowest BCUT2D eigenvalue weighted by atomic mass is 10.1. The normalized spacial score (nSPS) is 11.2. The molecule has 82 valence electrons. The first-order valence-electron chi connectivity index (χ1n) is 5.23. The van der Waals surface area contributed by atoms with Crippen molar-refractivity contribution in [3.8, 4) is 0 Å². The second-order valence-electron chi connectivity index (χ2n) is 4.80. The van der Waals surface area contributed by atoms with Crippen molar-refractivity contribution in [3.63, 3.8) is 0 Å². The van der Waals surface area contributed by atoms with Crippen molar-refractivity contribution < 1.29 is 4.79 Å². The summed E-state index contributed by atoms with van der Waals surface area (Å²) in [5.41, 5.74) is 1.08. The highest BCUT2D eigenvalue weighted by Crippen LogP contribution is 2.05. The lowest BCUT2D eigenvalue weighted by molar-refractivity contribution is -0.119. The molecule has 1 rings (SSSR count). The predicted molar refractivity (Wildman–Crippen MR) is 67.2 cm³/mol. The summed E-state index contributed by atoms with van der Waals surface area (Å²) in [5.74, 6) is 0.0655. The van der Waals surface area contributed by atoms with Gasteiger partial charge >= 0.3 is 0 Å². The topological polar surface area (TPSA) is 29.1 Å². The molecule has 0 aliphatic heterocycles. The summed E-state index contributed by atoms with van der Waals surface area (Å²) >= 11 is 0. The van der Waals surface area contributed by atoms with E-state index in [1.165, 1.54) is 5.19 Å². The van der Waals surface area contributed by atoms with Crippen LogP contribution in [0.2, 0.25) is 19.6 Å². The van der Waals surface area contributed by atoms with Crippen molar-refractivity contribution in [1.29, 1.82) is 0 Å². The van der Waals surface area contributed by atoms with E-state index in [-0.39, 0.29) is 5.91 Å². The van der Waals surface area contributed by atoms with Crippen molar-refractivity contribution in [1.82, 2.24) is 5.32 Å². The van der Waals surface area contributed by atoms with Gasteiger partial charge in [-0.05, 0) is 5.56 Å². The number of rotatable bonds is 3. The van der Waals surface area contributed by atoms with Crippen LogP contribution in [0.3, 0.4) is 0 Å². The van der Waals surface area contributed by atoms with Crippen LogP contribution in [0.5, 0.6) is 0 Å². The van der Waals surface area contributed by atoms with Gasteiger partial charge < -0.3 is 5.32 Å². The Kier molecular flexibility index (Phi) is 3.69. The molecule has 0 aliphatic rings. The molecule has 3 heteroatoms. The van der Waals surface area contributed by atoms with Crippen LogP contribution in [0.4, 0.5) is 0 Å². The minimum Gasteiger partial charge on any atom is -0.359 e. The van der Waals surface area contributed by atoms with E-state index in [9.17, 15) is 4.79 Å². The first kappa shape index (κ1) is 12.0. The van der Waals surface area contributed by atoms with Crippen molar-refractivity contribution in [2.75, 3.05) is 7.05 Å². The number of likely N-dealkylation sites (N-methyl/N-ethyl adjacent to an activating group) is 1. The van der Waals surface area contributed by atoms with Gasteiger partial charge in [0.05, 0.1) is 14.5 Å². The van der Waals surface area contributed by atoms with Gasteiger partial charge in [0, 0.05) is 7.05 Å². The Hall–Kier alpha value is -1.09. The Bertz CT molecular complexity index is 338. The smallest absolute Gasteiger partial charge is 0.224 e. The third-order valence-electron chi connectivity index (χ3n) is 2.46. The zero-order chi connectivity index (χ0) is 11.5. The Morgan fingerprint density at radius 1 is 1.20 bits per heavy atom. The molecule has 15 heavy (non-hydrogen) atoms. The first-order valence-corrected chi connectivity index (χ1v) is 8.73. The van der Waals surface area contributed by atoms with E-state index in [0.717, 1.165) is 5.56 Å². The summed E-state index contributed by atoms with van der Waals surface area (Å²) in [6.45, 7) is 6.96. The fraction of sp³-hybridized carbons (Fsp3) is 0.417. The van der Waals surface area contributed by atoms with Crippen LogP contribution >= 0.6 is 0 Å². The second kappa shape index (κ2) is 4.62. The number of nitrogens with one attached hydrogen (secondary N) is 1. The lowest BCUT2D eigenvalue weighted by Crippen LogP contribution is -2.37. The summed E-state index contributed by atoms with van der Waals surface area (Å²) in [6, 6.07) is 8.43. The molecule has 0 heterocycles. The summed E-state index contributed by atoms with van der Waals surface area (Å²) in [6.07, 6.45) is 0.475. The number of carbonyl (C=O) groups is 1. The van der Waals surface area contributed by atoms with E-state index in [2.05, 4.69) is 49.2 Å². The highest BCUT2D eigenvalue weighted by molar-refractivity contribution is 6.88. The van der Waals surface area contributed by atoms with E-state index in [1.54, 1.807) is 7.05 Å². The Morgan fingerprint density at radius 2 is 1.73 bits per heavy atom. The van der Waals surface area contributed by atoms with Gasteiger partial charge in [-0.3, -0.25) is 4.79 Å². The molecule has 0 aliphatic carbocycles. The van der Waals surface area contributed by atoms with Crippen molar-refractivity contribution in [2.45, 2.75) is 26.1 Å². The fourth-order valence-electron chi connectivity index (χ4n) is 1.40. The number of hydrogen-bond acceptors (Lipinski definition) is 1. The average Bonchev–Trinajstić information content (AvgIpc) is 2.17. The molecular weight excluding hydrogens is 202 g/mol. The van der Waals surface area contributed by atoms with Crippen LogP contribution in [-0.2, 0) is 11.2 Å². The lowest BCUT2D eigenvalue weighted by Gasteiger charge is -2.16. The molecular formula is C12H19NOSi. The highest BCUT2D eigenvalue weighted by Gasteiger charge is 2.15. The van der Waals surface area contributed by atoms with Crippen LogP contribution in [-0.4, -0.2) is 21.0 Å². The minimum atomic E-state index is -1.21. The molecule has 0 bridgehead atoms. The van der Waals surface area contributed by atoms with Crippen LogP contribution in [0.25, 0.3) is 0 Å². The molecule has 1 aromatic rings. The van der Waals surface area contributed by atoms with Gasteiger partial charge in [-0.2, -0.15) is 0 Å². The standard InChI is InChI=1S/C12H19NOSi/c1-13-12(14)9-10-5-7-11(8-6-10)15(2,3)4/h5-8H,9H2,1-4H3,(H,13,14). The number of amides is 1. The van der Waals surface area contributed by atoms with E-state index >= 15 is 0 Å². The highest BCUT2D eigenvalue weighted by atomic mass is 28.3. The van der Waals surface area contributed by atoms with Crippen molar-refractivity contribution in [2.24, 2.45) is 0 Å². The molecule has 0 radical (unpaired) electrons. The van der Waals surface area contributed by atoms with Gasteiger partial charge in [0.25, 0.3) is 0 Å². The third-order valence-corrected chi connectivity index (χ3v) is 4.53. The largest absolute Gasteiger partial charge is 0.359 e. The van der Waals surface area contributed by atoms with E-state index in [0.29, 0.717) is 6.42 Å². The molecule has 0 atom stereocenters. The Labute approximate surface area is 92.7 Å². The van der Waals surface area contributed by atoms with Gasteiger partial charge in [0.2, 0.25) is 5.91 Å². The van der Waals surface area contributed by atoms with E-state index < -0.39 is 8.07 Å². The van der Waals surface area contributed by atoms with E-state index in [1.807, 2.05) is 0 Å². The van der Waals surface area contributed by atoms with Gasteiger partial charge in [-0.25, -0.2) is 0 Å². The molecule has 0 saturated carbocycles. The number of benzene rings is 1. The van der Waals surface area contributed by atoms with Crippen LogP contribution in [0.15, 0.2) is 24.3 Å². The van der Waals surface area contributed by atoms with Gasteiger partial charge in [0.15, 0.2) is 0 Å². The molecule has 1 aromatic carbocycles. The van der Waals surface area contributed by atoms with Crippen LogP contribution < -0.4 is 10.5 Å². The molecule has 0 spiro atoms. The van der Waals surface area contributed by atoms with Crippen LogP contribution in [0.1, 0.15) is 5.56 Å². The van der Waals surface area contributed by atoms with Crippen LogP contribution in [0, 0.1) is 0 Å². The minimum absolute atomic E-state index is 0.0655. The Balaban J connectivity index is 2.77. The van der Waals surface area contributed by atoms with Gasteiger partial charge in [0.1, 0.15) is 0 Å². The molecule has 0 aromatic heterocycles. The van der Waals surface area contributed by atoms with Gasteiger partial charge in [-0.15, -0.1) is 0 Å². The molecule has 0 unspecified atom stereocenters. The average molecular weight is 221 g/mol. The maximum absolute atomic E-state index is 11.2. The summed E-state index contributed by atoms with van der Waals surface area (Å²) in [7, 11) is 0.460. The fourth-order valence-corrected chi connectivity index (χ4v) is 2.56. The SMILES string of the molecule is CNC(=O)Cc1ccc([Si](C)(C)C)cc1. The molecule has 0 fully saturated rings. The summed E-state index contributed by atoms with van der Waals surface area (Å²) in [5, 5.41) is 4.06. The molecule has 0 saturated heterocycles. The third kappa shape index (κ3) is 3.51. The van der Waals surface area contributed by atoms with E-state index in [4.69, 9.17) is 0 Å². The summed E-state index contributed by atoms with van der Waals surface area (Å²) < 4.78 is 0. The van der Waals surface area contributed by atoms with Crippen molar-refractivity contribution in [3.05, 3.63) is 29.8 Å². The van der Waals surface area contributed by atoms with Gasteiger partial charge in [-0.1, -0.05) is 49.1 Å². The monoisotopic (exact) mass is 221 g/mol. The molecule has 1 N–H and O–H groups in total. The molecule has 1 amide bonds. The summed E-state index contributed by atoms with van der Waals surface area (Å²) in [4.78, 5) is 11.2. The second-order valence-corrected chi connectivity index (χ2v) is 9.87. The zero-order valence-corrected chi connectivity index (χ0v) is 10.9. The maximum atomic E-state index is 11.2. The number of hydrogen-bond donors (Lipinski definition) is 1.